The molecule has 3 nitrogen and oxygen atoms in total. The van der Waals surface area contributed by atoms with Gasteiger partial charge in [0.25, 0.3) is 0 Å². The first-order chi connectivity index (χ1) is 4.33. The minimum Gasteiger partial charge on any atom is -0.382 e. The predicted molar refractivity (Wildman–Crippen MR) is 34.0 cm³/mol. The molecule has 0 spiro atoms. The molecule has 0 saturated carbocycles. The third-order valence-corrected chi connectivity index (χ3v) is 1.49. The number of ether oxygens (including phenoxy) is 2. The summed E-state index contributed by atoms with van der Waals surface area (Å²) in [5.74, 6) is 0. The molecular formula is C6H13NO2. The second-order valence-electron chi connectivity index (χ2n) is 2.33. The Morgan fingerprint density at radius 2 is 2.44 bits per heavy atom. The molecule has 2 N–H and O–H groups in total. The van der Waals surface area contributed by atoms with Crippen LogP contribution < -0.4 is 5.73 Å². The van der Waals surface area contributed by atoms with Crippen LogP contribution in [0.1, 0.15) is 12.8 Å². The van der Waals surface area contributed by atoms with E-state index < -0.39 is 0 Å². The summed E-state index contributed by atoms with van der Waals surface area (Å²) in [5, 5.41) is 0. The van der Waals surface area contributed by atoms with Crippen LogP contribution in [0.25, 0.3) is 0 Å². The van der Waals surface area contributed by atoms with E-state index >= 15 is 0 Å². The summed E-state index contributed by atoms with van der Waals surface area (Å²) in [6, 6.07) is 0. The molecule has 1 aliphatic rings. The molecule has 0 unspecified atom stereocenters. The van der Waals surface area contributed by atoms with E-state index in [9.17, 15) is 0 Å². The van der Waals surface area contributed by atoms with Gasteiger partial charge in [0, 0.05) is 7.11 Å². The quantitative estimate of drug-likeness (QED) is 0.578. The van der Waals surface area contributed by atoms with E-state index in [2.05, 4.69) is 0 Å². The van der Waals surface area contributed by atoms with Gasteiger partial charge in [0.2, 0.25) is 0 Å². The lowest BCUT2D eigenvalue weighted by Gasteiger charge is -2.07. The zero-order chi connectivity index (χ0) is 6.69. The smallest absolute Gasteiger partial charge is 0.106 e. The summed E-state index contributed by atoms with van der Waals surface area (Å²) in [4.78, 5) is 0. The Bertz CT molecular complexity index is 85.1. The molecule has 0 aliphatic carbocycles. The van der Waals surface area contributed by atoms with E-state index in [-0.39, 0.29) is 12.3 Å². The summed E-state index contributed by atoms with van der Waals surface area (Å²) in [6.07, 6.45) is 2.19. The van der Waals surface area contributed by atoms with Crippen molar-refractivity contribution in [3.05, 3.63) is 0 Å². The molecule has 0 aromatic heterocycles. The molecule has 1 rings (SSSR count). The zero-order valence-electron chi connectivity index (χ0n) is 5.67. The van der Waals surface area contributed by atoms with Gasteiger partial charge in [0.1, 0.15) is 6.23 Å². The predicted octanol–water partition coefficient (Wildman–Crippen LogP) is 0.0966. The lowest BCUT2D eigenvalue weighted by atomic mass is 10.2. The topological polar surface area (TPSA) is 44.5 Å². The van der Waals surface area contributed by atoms with Crippen LogP contribution >= 0.6 is 0 Å². The molecule has 1 fully saturated rings. The van der Waals surface area contributed by atoms with Crippen LogP contribution in [0.2, 0.25) is 0 Å². The fraction of sp³-hybridized carbons (Fsp3) is 1.00. The Kier molecular flexibility index (Phi) is 2.45. The van der Waals surface area contributed by atoms with Crippen LogP contribution in [0.3, 0.4) is 0 Å². The summed E-state index contributed by atoms with van der Waals surface area (Å²) in [5.41, 5.74) is 5.48. The van der Waals surface area contributed by atoms with Crippen LogP contribution in [0.15, 0.2) is 0 Å². The summed E-state index contributed by atoms with van der Waals surface area (Å²) in [6.45, 7) is 0.674. The van der Waals surface area contributed by atoms with Crippen LogP contribution in [-0.2, 0) is 9.47 Å². The van der Waals surface area contributed by atoms with Crippen molar-refractivity contribution in [3.8, 4) is 0 Å². The monoisotopic (exact) mass is 131 g/mol. The molecule has 2 atom stereocenters. The van der Waals surface area contributed by atoms with Crippen molar-refractivity contribution >= 4 is 0 Å². The Balaban J connectivity index is 2.14. The summed E-state index contributed by atoms with van der Waals surface area (Å²) < 4.78 is 10.1. The highest BCUT2D eigenvalue weighted by Crippen LogP contribution is 2.15. The number of hydrogen-bond donors (Lipinski definition) is 1. The van der Waals surface area contributed by atoms with Crippen LogP contribution in [0, 0.1) is 0 Å². The fourth-order valence-corrected chi connectivity index (χ4v) is 1.04. The average molecular weight is 131 g/mol. The van der Waals surface area contributed by atoms with Crippen LogP contribution in [0.5, 0.6) is 0 Å². The van der Waals surface area contributed by atoms with Crippen molar-refractivity contribution < 1.29 is 9.47 Å². The third kappa shape index (κ3) is 1.93. The van der Waals surface area contributed by atoms with E-state index in [0.717, 1.165) is 12.8 Å². The van der Waals surface area contributed by atoms with Gasteiger partial charge in [-0.1, -0.05) is 0 Å². The Hall–Kier alpha value is -0.120. The standard InChI is InChI=1S/C6H13NO2/c1-8-4-5-2-3-6(7)9-5/h5-6H,2-4,7H2,1H3/t5-,6+/m0/s1. The van der Waals surface area contributed by atoms with Crippen LogP contribution in [0.4, 0.5) is 0 Å². The highest BCUT2D eigenvalue weighted by molar-refractivity contribution is 4.68. The number of hydrogen-bond acceptors (Lipinski definition) is 3. The van der Waals surface area contributed by atoms with Gasteiger partial charge in [0.05, 0.1) is 12.7 Å². The summed E-state index contributed by atoms with van der Waals surface area (Å²) in [7, 11) is 1.67. The first-order valence-electron chi connectivity index (χ1n) is 3.23. The van der Waals surface area contributed by atoms with Crippen molar-refractivity contribution in [1.82, 2.24) is 0 Å². The maximum Gasteiger partial charge on any atom is 0.106 e. The number of rotatable bonds is 2. The van der Waals surface area contributed by atoms with Crippen LogP contribution in [-0.4, -0.2) is 26.0 Å². The van der Waals surface area contributed by atoms with Gasteiger partial charge in [-0.05, 0) is 12.8 Å². The highest BCUT2D eigenvalue weighted by Gasteiger charge is 2.21. The number of nitrogens with two attached hydrogens (primary N) is 1. The van der Waals surface area contributed by atoms with Gasteiger partial charge in [-0.2, -0.15) is 0 Å². The molecule has 0 aromatic carbocycles. The molecule has 9 heavy (non-hydrogen) atoms. The fourth-order valence-electron chi connectivity index (χ4n) is 1.04. The summed E-state index contributed by atoms with van der Waals surface area (Å²) >= 11 is 0. The van der Waals surface area contributed by atoms with Crippen molar-refractivity contribution in [1.29, 1.82) is 0 Å². The molecule has 3 heteroatoms. The van der Waals surface area contributed by atoms with Gasteiger partial charge in [-0.25, -0.2) is 0 Å². The van der Waals surface area contributed by atoms with Gasteiger partial charge in [-0.15, -0.1) is 0 Å². The van der Waals surface area contributed by atoms with E-state index in [1.165, 1.54) is 0 Å². The first kappa shape index (κ1) is 6.99. The maximum absolute atomic E-state index is 5.48. The molecule has 0 aromatic rings. The molecule has 1 heterocycles. The lowest BCUT2D eigenvalue weighted by Crippen LogP contribution is -2.21. The van der Waals surface area contributed by atoms with E-state index in [1.54, 1.807) is 7.11 Å². The Morgan fingerprint density at radius 3 is 2.89 bits per heavy atom. The number of methoxy groups -OCH3 is 1. The minimum absolute atomic E-state index is 0.0508. The zero-order valence-corrected chi connectivity index (χ0v) is 5.67. The second kappa shape index (κ2) is 3.15. The van der Waals surface area contributed by atoms with Crippen molar-refractivity contribution in [2.24, 2.45) is 5.73 Å². The van der Waals surface area contributed by atoms with E-state index in [1.807, 2.05) is 0 Å². The normalized spacial score (nSPS) is 35.3. The van der Waals surface area contributed by atoms with E-state index in [4.69, 9.17) is 15.2 Å². The van der Waals surface area contributed by atoms with Gasteiger partial charge in [-0.3, -0.25) is 0 Å². The maximum atomic E-state index is 5.48. The first-order valence-corrected chi connectivity index (χ1v) is 3.23. The lowest BCUT2D eigenvalue weighted by molar-refractivity contribution is 0.00120. The third-order valence-electron chi connectivity index (χ3n) is 1.49. The second-order valence-corrected chi connectivity index (χ2v) is 2.33. The van der Waals surface area contributed by atoms with Crippen molar-refractivity contribution in [3.63, 3.8) is 0 Å². The van der Waals surface area contributed by atoms with Gasteiger partial charge >= 0.3 is 0 Å². The Labute approximate surface area is 55.1 Å². The molecule has 0 bridgehead atoms. The SMILES string of the molecule is COC[C@@H]1CC[C@H](N)O1. The van der Waals surface area contributed by atoms with Crippen molar-refractivity contribution in [2.45, 2.75) is 25.2 Å². The van der Waals surface area contributed by atoms with Gasteiger partial charge in [0.15, 0.2) is 0 Å². The van der Waals surface area contributed by atoms with Gasteiger partial charge < -0.3 is 15.2 Å². The molecule has 0 radical (unpaired) electrons. The average Bonchev–Trinajstić information content (AvgIpc) is 2.17. The Morgan fingerprint density at radius 1 is 1.67 bits per heavy atom. The largest absolute Gasteiger partial charge is 0.382 e. The molecule has 54 valence electrons. The molecule has 1 aliphatic heterocycles. The minimum atomic E-state index is -0.0508. The molecule has 1 saturated heterocycles. The van der Waals surface area contributed by atoms with E-state index in [0.29, 0.717) is 6.61 Å². The molecule has 0 amide bonds. The highest BCUT2D eigenvalue weighted by atomic mass is 16.5. The molecular weight excluding hydrogens is 118 g/mol. The van der Waals surface area contributed by atoms with Crippen molar-refractivity contribution in [2.75, 3.05) is 13.7 Å².